The highest BCUT2D eigenvalue weighted by Crippen LogP contribution is 2.14. The quantitative estimate of drug-likeness (QED) is 0.503. The lowest BCUT2D eigenvalue weighted by atomic mass is 10.1. The van der Waals surface area contributed by atoms with E-state index in [1.807, 2.05) is 0 Å². The summed E-state index contributed by atoms with van der Waals surface area (Å²) < 4.78 is 5.09. The zero-order valence-electron chi connectivity index (χ0n) is 10.1. The maximum absolute atomic E-state index is 11.6. The van der Waals surface area contributed by atoms with Crippen LogP contribution in [0.2, 0.25) is 0 Å². The van der Waals surface area contributed by atoms with Crippen LogP contribution in [0.4, 0.5) is 4.79 Å². The topological polar surface area (TPSA) is 89.8 Å². The molecule has 0 aromatic rings. The lowest BCUT2D eigenvalue weighted by molar-refractivity contribution is -0.509. The largest absolute Gasteiger partial charge is 0.444 e. The van der Waals surface area contributed by atoms with Gasteiger partial charge in [0.05, 0.1) is 6.54 Å². The SMILES string of the molecule is CC(C)(C)OC(=O)N1CCC([N+](=O)[O-])C(=O)C1. The van der Waals surface area contributed by atoms with Crippen LogP contribution in [-0.2, 0) is 9.53 Å². The molecule has 0 saturated carbocycles. The van der Waals surface area contributed by atoms with Gasteiger partial charge in [0.15, 0.2) is 0 Å². The minimum absolute atomic E-state index is 0.0467. The average molecular weight is 244 g/mol. The first-order valence-electron chi connectivity index (χ1n) is 5.35. The molecule has 1 aliphatic rings. The summed E-state index contributed by atoms with van der Waals surface area (Å²) in [7, 11) is 0. The minimum Gasteiger partial charge on any atom is -0.444 e. The van der Waals surface area contributed by atoms with Gasteiger partial charge in [0.25, 0.3) is 6.04 Å². The summed E-state index contributed by atoms with van der Waals surface area (Å²) in [5.74, 6) is -0.549. The van der Waals surface area contributed by atoms with E-state index in [0.717, 1.165) is 0 Å². The molecule has 0 bridgehead atoms. The second kappa shape index (κ2) is 4.68. The number of ether oxygens (including phenoxy) is 1. The van der Waals surface area contributed by atoms with Crippen LogP contribution in [0.5, 0.6) is 0 Å². The van der Waals surface area contributed by atoms with Crippen molar-refractivity contribution in [3.05, 3.63) is 10.1 Å². The first-order chi connectivity index (χ1) is 7.70. The van der Waals surface area contributed by atoms with Crippen molar-refractivity contribution in [1.82, 2.24) is 4.90 Å². The molecule has 1 rings (SSSR count). The smallest absolute Gasteiger partial charge is 0.410 e. The van der Waals surface area contributed by atoms with Crippen LogP contribution in [0.1, 0.15) is 27.2 Å². The lowest BCUT2D eigenvalue weighted by Crippen LogP contribution is -2.50. The van der Waals surface area contributed by atoms with Gasteiger partial charge in [-0.2, -0.15) is 0 Å². The fraction of sp³-hybridized carbons (Fsp3) is 0.800. The Balaban J connectivity index is 2.58. The molecule has 0 N–H and O–H groups in total. The molecule has 1 fully saturated rings. The number of hydrogen-bond acceptors (Lipinski definition) is 5. The number of nitro groups is 1. The van der Waals surface area contributed by atoms with Crippen molar-refractivity contribution in [3.8, 4) is 0 Å². The summed E-state index contributed by atoms with van der Waals surface area (Å²) in [5, 5.41) is 10.5. The van der Waals surface area contributed by atoms with E-state index in [1.165, 1.54) is 4.90 Å². The van der Waals surface area contributed by atoms with E-state index in [-0.39, 0.29) is 19.5 Å². The number of nitrogens with zero attached hydrogens (tertiary/aromatic N) is 2. The molecular formula is C10H16N2O5. The van der Waals surface area contributed by atoms with Crippen molar-refractivity contribution in [1.29, 1.82) is 0 Å². The number of carbonyl (C=O) groups excluding carboxylic acids is 2. The Labute approximate surface area is 98.9 Å². The first kappa shape index (κ1) is 13.4. The maximum atomic E-state index is 11.6. The third-order valence-corrected chi connectivity index (χ3v) is 2.30. The predicted molar refractivity (Wildman–Crippen MR) is 58.2 cm³/mol. The van der Waals surface area contributed by atoms with Crippen molar-refractivity contribution in [2.24, 2.45) is 0 Å². The molecule has 1 aliphatic heterocycles. The maximum Gasteiger partial charge on any atom is 0.410 e. The van der Waals surface area contributed by atoms with Crippen molar-refractivity contribution in [2.75, 3.05) is 13.1 Å². The van der Waals surface area contributed by atoms with Crippen LogP contribution in [-0.4, -0.2) is 46.4 Å². The molecule has 0 aliphatic carbocycles. The predicted octanol–water partition coefficient (Wildman–Crippen LogP) is 0.842. The molecule has 17 heavy (non-hydrogen) atoms. The Hall–Kier alpha value is -1.66. The van der Waals surface area contributed by atoms with Crippen LogP contribution in [0.25, 0.3) is 0 Å². The van der Waals surface area contributed by atoms with Gasteiger partial charge in [-0.25, -0.2) is 4.79 Å². The molecule has 96 valence electrons. The second-order valence-electron chi connectivity index (χ2n) is 4.96. The van der Waals surface area contributed by atoms with Gasteiger partial charge in [-0.15, -0.1) is 0 Å². The van der Waals surface area contributed by atoms with Crippen LogP contribution < -0.4 is 0 Å². The Bertz CT molecular complexity index is 347. The van der Waals surface area contributed by atoms with E-state index in [9.17, 15) is 19.7 Å². The van der Waals surface area contributed by atoms with Crippen molar-refractivity contribution in [2.45, 2.75) is 38.8 Å². The number of Topliss-reactive ketones (excluding diaryl/α,β-unsaturated/α-hetero) is 1. The highest BCUT2D eigenvalue weighted by Gasteiger charge is 2.38. The van der Waals surface area contributed by atoms with Crippen molar-refractivity contribution < 1.29 is 19.2 Å². The molecule has 7 nitrogen and oxygen atoms in total. The lowest BCUT2D eigenvalue weighted by Gasteiger charge is -2.29. The van der Waals surface area contributed by atoms with Gasteiger partial charge in [-0.05, 0) is 20.8 Å². The molecule has 1 unspecified atom stereocenters. The molecule has 0 radical (unpaired) electrons. The summed E-state index contributed by atoms with van der Waals surface area (Å²) in [4.78, 5) is 34.2. The zero-order valence-corrected chi connectivity index (χ0v) is 10.1. The standard InChI is InChI=1S/C10H16N2O5/c1-10(2,3)17-9(14)11-5-4-7(12(15)16)8(13)6-11/h7H,4-6H2,1-3H3. The fourth-order valence-corrected chi connectivity index (χ4v) is 1.52. The molecule has 7 heteroatoms. The van der Waals surface area contributed by atoms with Gasteiger partial charge in [0, 0.05) is 17.9 Å². The Morgan fingerprint density at radius 1 is 1.53 bits per heavy atom. The van der Waals surface area contributed by atoms with Gasteiger partial charge in [-0.3, -0.25) is 14.9 Å². The minimum atomic E-state index is -1.19. The summed E-state index contributed by atoms with van der Waals surface area (Å²) in [6.07, 6.45) is -0.557. The van der Waals surface area contributed by atoms with Crippen LogP contribution in [0.15, 0.2) is 0 Å². The number of carbonyl (C=O) groups is 2. The molecule has 0 aromatic heterocycles. The van der Waals surface area contributed by atoms with Crippen LogP contribution in [0, 0.1) is 10.1 Å². The second-order valence-corrected chi connectivity index (χ2v) is 4.96. The fourth-order valence-electron chi connectivity index (χ4n) is 1.52. The third kappa shape index (κ3) is 3.69. The number of piperidine rings is 1. The number of rotatable bonds is 1. The summed E-state index contributed by atoms with van der Waals surface area (Å²) >= 11 is 0. The van der Waals surface area contributed by atoms with E-state index < -0.39 is 28.4 Å². The molecule has 1 amide bonds. The summed E-state index contributed by atoms with van der Waals surface area (Å²) in [6, 6.07) is -1.19. The van der Waals surface area contributed by atoms with E-state index in [2.05, 4.69) is 0 Å². The van der Waals surface area contributed by atoms with Gasteiger partial charge < -0.3 is 9.64 Å². The Kier molecular flexibility index (Phi) is 3.69. The summed E-state index contributed by atoms with van der Waals surface area (Å²) in [6.45, 7) is 5.08. The Morgan fingerprint density at radius 3 is 2.53 bits per heavy atom. The van der Waals surface area contributed by atoms with E-state index in [4.69, 9.17) is 4.74 Å². The van der Waals surface area contributed by atoms with Crippen LogP contribution >= 0.6 is 0 Å². The van der Waals surface area contributed by atoms with E-state index in [1.54, 1.807) is 20.8 Å². The molecule has 1 heterocycles. The molecule has 1 atom stereocenters. The van der Waals surface area contributed by atoms with Gasteiger partial charge in [0.2, 0.25) is 5.78 Å². The first-order valence-corrected chi connectivity index (χ1v) is 5.35. The van der Waals surface area contributed by atoms with E-state index in [0.29, 0.717) is 0 Å². The number of amides is 1. The highest BCUT2D eigenvalue weighted by molar-refractivity contribution is 5.88. The van der Waals surface area contributed by atoms with E-state index >= 15 is 0 Å². The van der Waals surface area contributed by atoms with Crippen molar-refractivity contribution in [3.63, 3.8) is 0 Å². The zero-order chi connectivity index (χ0) is 13.2. The van der Waals surface area contributed by atoms with Crippen molar-refractivity contribution >= 4 is 11.9 Å². The number of likely N-dealkylation sites (tertiary alicyclic amines) is 1. The van der Waals surface area contributed by atoms with Gasteiger partial charge >= 0.3 is 6.09 Å². The van der Waals surface area contributed by atoms with Gasteiger partial charge in [-0.1, -0.05) is 0 Å². The third-order valence-electron chi connectivity index (χ3n) is 2.30. The van der Waals surface area contributed by atoms with Crippen LogP contribution in [0.3, 0.4) is 0 Å². The molecular weight excluding hydrogens is 228 g/mol. The van der Waals surface area contributed by atoms with Gasteiger partial charge in [0.1, 0.15) is 5.60 Å². The Morgan fingerprint density at radius 2 is 2.12 bits per heavy atom. The molecule has 0 aromatic carbocycles. The highest BCUT2D eigenvalue weighted by atomic mass is 16.6. The average Bonchev–Trinajstić information content (AvgIpc) is 2.14. The normalized spacial score (nSPS) is 21.2. The summed E-state index contributed by atoms with van der Waals surface area (Å²) in [5.41, 5.74) is -0.639. The number of ketones is 1. The monoisotopic (exact) mass is 244 g/mol. The number of hydrogen-bond donors (Lipinski definition) is 0. The molecule has 1 saturated heterocycles. The molecule has 0 spiro atoms.